The highest BCUT2D eigenvalue weighted by Gasteiger charge is 2.35. The summed E-state index contributed by atoms with van der Waals surface area (Å²) in [5.41, 5.74) is 4.49. The highest BCUT2D eigenvalue weighted by molar-refractivity contribution is 6.12. The fraction of sp³-hybridized carbons (Fsp3) is 0.235. The van der Waals surface area contributed by atoms with E-state index in [0.717, 1.165) is 17.1 Å². The molecular formula is C17H17NO. The Balaban J connectivity index is 2.12. The molecule has 19 heavy (non-hydrogen) atoms. The first-order valence-corrected chi connectivity index (χ1v) is 6.46. The lowest BCUT2D eigenvalue weighted by Gasteiger charge is -2.22. The zero-order valence-corrected chi connectivity index (χ0v) is 11.5. The molecule has 0 atom stereocenters. The first-order chi connectivity index (χ1) is 9.13. The Morgan fingerprint density at radius 1 is 1.00 bits per heavy atom. The van der Waals surface area contributed by atoms with E-state index in [2.05, 4.69) is 44.2 Å². The minimum Gasteiger partial charge on any atom is -0.497 e. The minimum absolute atomic E-state index is 0.0920. The monoisotopic (exact) mass is 251 g/mol. The first kappa shape index (κ1) is 12.0. The number of rotatable bonds is 2. The first-order valence-electron chi connectivity index (χ1n) is 6.46. The molecule has 0 saturated carbocycles. The van der Waals surface area contributed by atoms with Crippen molar-refractivity contribution in [2.75, 3.05) is 7.11 Å². The Kier molecular flexibility index (Phi) is 2.67. The summed E-state index contributed by atoms with van der Waals surface area (Å²) in [6, 6.07) is 16.5. The van der Waals surface area contributed by atoms with Gasteiger partial charge in [0.1, 0.15) is 5.75 Å². The molecular weight excluding hydrogens is 234 g/mol. The van der Waals surface area contributed by atoms with Gasteiger partial charge in [-0.1, -0.05) is 44.2 Å². The number of fused-ring (bicyclic) bond motifs is 1. The van der Waals surface area contributed by atoms with Crippen molar-refractivity contribution in [3.05, 3.63) is 59.7 Å². The van der Waals surface area contributed by atoms with Crippen molar-refractivity contribution in [2.24, 2.45) is 4.99 Å². The number of aliphatic imine (C=N–C) groups is 1. The van der Waals surface area contributed by atoms with Gasteiger partial charge in [-0.05, 0) is 29.3 Å². The Morgan fingerprint density at radius 2 is 1.74 bits per heavy atom. The Labute approximate surface area is 113 Å². The number of benzene rings is 2. The standard InChI is InChI=1S/C17H17NO/c1-17(2)14-11-13(19-3)9-10-15(14)18-16(17)12-7-5-4-6-8-12/h4-11H,1-3H3. The molecule has 0 spiro atoms. The van der Waals surface area contributed by atoms with Gasteiger partial charge in [0.05, 0.1) is 18.5 Å². The molecule has 1 heterocycles. The van der Waals surface area contributed by atoms with Crippen molar-refractivity contribution >= 4 is 11.4 Å². The minimum atomic E-state index is -0.0920. The van der Waals surface area contributed by atoms with E-state index in [9.17, 15) is 0 Å². The van der Waals surface area contributed by atoms with Crippen LogP contribution in [-0.2, 0) is 5.41 Å². The van der Waals surface area contributed by atoms with Gasteiger partial charge in [-0.15, -0.1) is 0 Å². The third-order valence-electron chi connectivity index (χ3n) is 3.75. The van der Waals surface area contributed by atoms with Crippen LogP contribution in [0.25, 0.3) is 0 Å². The van der Waals surface area contributed by atoms with Crippen LogP contribution in [0.5, 0.6) is 5.75 Å². The highest BCUT2D eigenvalue weighted by atomic mass is 16.5. The van der Waals surface area contributed by atoms with E-state index in [1.807, 2.05) is 18.2 Å². The Morgan fingerprint density at radius 3 is 2.42 bits per heavy atom. The molecule has 0 bridgehead atoms. The molecule has 2 aromatic rings. The second kappa shape index (κ2) is 4.23. The molecule has 0 unspecified atom stereocenters. The van der Waals surface area contributed by atoms with E-state index in [4.69, 9.17) is 9.73 Å². The van der Waals surface area contributed by atoms with Crippen LogP contribution < -0.4 is 4.74 Å². The van der Waals surface area contributed by atoms with Gasteiger partial charge in [-0.25, -0.2) is 0 Å². The van der Waals surface area contributed by atoms with E-state index in [1.165, 1.54) is 11.1 Å². The van der Waals surface area contributed by atoms with Gasteiger partial charge < -0.3 is 4.74 Å². The van der Waals surface area contributed by atoms with E-state index in [-0.39, 0.29) is 5.41 Å². The van der Waals surface area contributed by atoms with Gasteiger partial charge in [-0.3, -0.25) is 4.99 Å². The molecule has 2 nitrogen and oxygen atoms in total. The average Bonchev–Trinajstić information content (AvgIpc) is 2.71. The quantitative estimate of drug-likeness (QED) is 0.787. The molecule has 1 aliphatic heterocycles. The summed E-state index contributed by atoms with van der Waals surface area (Å²) in [6.45, 7) is 4.42. The number of hydrogen-bond acceptors (Lipinski definition) is 2. The van der Waals surface area contributed by atoms with E-state index < -0.39 is 0 Å². The van der Waals surface area contributed by atoms with Crippen LogP contribution in [0, 0.1) is 0 Å². The van der Waals surface area contributed by atoms with Gasteiger partial charge in [0.2, 0.25) is 0 Å². The maximum Gasteiger partial charge on any atom is 0.119 e. The molecule has 96 valence electrons. The van der Waals surface area contributed by atoms with Crippen LogP contribution in [0.3, 0.4) is 0 Å². The summed E-state index contributed by atoms with van der Waals surface area (Å²) >= 11 is 0. The molecule has 0 saturated heterocycles. The predicted molar refractivity (Wildman–Crippen MR) is 78.7 cm³/mol. The van der Waals surface area contributed by atoms with Gasteiger partial charge in [0.15, 0.2) is 0 Å². The number of hydrogen-bond donors (Lipinski definition) is 0. The fourth-order valence-corrected chi connectivity index (χ4v) is 2.65. The Bertz CT molecular complexity index is 642. The Hall–Kier alpha value is -2.09. The largest absolute Gasteiger partial charge is 0.497 e. The third kappa shape index (κ3) is 1.84. The smallest absolute Gasteiger partial charge is 0.119 e. The molecule has 2 aromatic carbocycles. The average molecular weight is 251 g/mol. The second-order valence-corrected chi connectivity index (χ2v) is 5.33. The molecule has 0 N–H and O–H groups in total. The lowest BCUT2D eigenvalue weighted by atomic mass is 9.79. The van der Waals surface area contributed by atoms with Crippen LogP contribution >= 0.6 is 0 Å². The molecule has 0 fully saturated rings. The molecule has 2 heteroatoms. The molecule has 0 radical (unpaired) electrons. The number of nitrogens with zero attached hydrogens (tertiary/aromatic N) is 1. The zero-order chi connectivity index (χ0) is 13.5. The second-order valence-electron chi connectivity index (χ2n) is 5.33. The molecule has 1 aliphatic rings. The van der Waals surface area contributed by atoms with Crippen molar-refractivity contribution < 1.29 is 4.74 Å². The van der Waals surface area contributed by atoms with Crippen molar-refractivity contribution in [1.29, 1.82) is 0 Å². The van der Waals surface area contributed by atoms with E-state index in [1.54, 1.807) is 7.11 Å². The molecule has 0 aliphatic carbocycles. The number of ether oxygens (including phenoxy) is 1. The zero-order valence-electron chi connectivity index (χ0n) is 11.5. The summed E-state index contributed by atoms with van der Waals surface area (Å²) in [5, 5.41) is 0. The van der Waals surface area contributed by atoms with Gasteiger partial charge in [0.25, 0.3) is 0 Å². The topological polar surface area (TPSA) is 21.6 Å². The van der Waals surface area contributed by atoms with Crippen LogP contribution in [0.1, 0.15) is 25.0 Å². The molecule has 0 aromatic heterocycles. The summed E-state index contributed by atoms with van der Waals surface area (Å²) in [6.07, 6.45) is 0. The third-order valence-corrected chi connectivity index (χ3v) is 3.75. The van der Waals surface area contributed by atoms with Crippen LogP contribution in [-0.4, -0.2) is 12.8 Å². The van der Waals surface area contributed by atoms with Gasteiger partial charge in [-0.2, -0.15) is 0 Å². The van der Waals surface area contributed by atoms with Crippen LogP contribution in [0.2, 0.25) is 0 Å². The van der Waals surface area contributed by atoms with Crippen molar-refractivity contribution in [2.45, 2.75) is 19.3 Å². The summed E-state index contributed by atoms with van der Waals surface area (Å²) in [7, 11) is 1.70. The summed E-state index contributed by atoms with van der Waals surface area (Å²) in [5.74, 6) is 0.885. The summed E-state index contributed by atoms with van der Waals surface area (Å²) < 4.78 is 5.32. The van der Waals surface area contributed by atoms with Crippen molar-refractivity contribution in [1.82, 2.24) is 0 Å². The van der Waals surface area contributed by atoms with Crippen molar-refractivity contribution in [3.8, 4) is 5.75 Å². The maximum atomic E-state index is 5.32. The van der Waals surface area contributed by atoms with E-state index in [0.29, 0.717) is 0 Å². The normalized spacial score (nSPS) is 15.8. The van der Waals surface area contributed by atoms with Crippen LogP contribution in [0.4, 0.5) is 5.69 Å². The predicted octanol–water partition coefficient (Wildman–Crippen LogP) is 4.11. The molecule has 3 rings (SSSR count). The van der Waals surface area contributed by atoms with E-state index >= 15 is 0 Å². The summed E-state index contributed by atoms with van der Waals surface area (Å²) in [4.78, 5) is 4.81. The number of methoxy groups -OCH3 is 1. The van der Waals surface area contributed by atoms with Crippen LogP contribution in [0.15, 0.2) is 53.5 Å². The maximum absolute atomic E-state index is 5.32. The molecule has 0 amide bonds. The lowest BCUT2D eigenvalue weighted by Crippen LogP contribution is -2.26. The highest BCUT2D eigenvalue weighted by Crippen LogP contribution is 2.43. The van der Waals surface area contributed by atoms with Crippen molar-refractivity contribution in [3.63, 3.8) is 0 Å². The van der Waals surface area contributed by atoms with Gasteiger partial charge >= 0.3 is 0 Å². The SMILES string of the molecule is COc1ccc2c(c1)C(C)(C)C(c1ccccc1)=N2. The fourth-order valence-electron chi connectivity index (χ4n) is 2.65. The van der Waals surface area contributed by atoms with Gasteiger partial charge in [0, 0.05) is 5.41 Å². The lowest BCUT2D eigenvalue weighted by molar-refractivity contribution is 0.414.